The molecule has 0 N–H and O–H groups in total. The quantitative estimate of drug-likeness (QED) is 0.567. The maximum Gasteiger partial charge on any atom is 0.261 e. The smallest absolute Gasteiger partial charge is 0.261 e. The highest BCUT2D eigenvalue weighted by molar-refractivity contribution is 7.13. The molecule has 0 bridgehead atoms. The molecule has 4 rings (SSSR count). The van der Waals surface area contributed by atoms with Crippen molar-refractivity contribution < 1.29 is 4.79 Å². The zero-order chi connectivity index (χ0) is 17.2. The van der Waals surface area contributed by atoms with E-state index < -0.39 is 0 Å². The van der Waals surface area contributed by atoms with Gasteiger partial charge in [-0.15, -0.1) is 11.3 Å². The molecule has 7 heteroatoms. The molecule has 3 aromatic heterocycles. The number of pyridine rings is 1. The summed E-state index contributed by atoms with van der Waals surface area (Å²) >= 11 is 1.42. The lowest BCUT2D eigenvalue weighted by atomic mass is 10.2. The number of carbonyl (C=O) groups excluding carboxylic acids is 1. The lowest BCUT2D eigenvalue weighted by Gasteiger charge is -2.13. The molecule has 3 heterocycles. The third-order valence-corrected chi connectivity index (χ3v) is 4.76. The number of benzene rings is 1. The second kappa shape index (κ2) is 6.45. The first-order chi connectivity index (χ1) is 12.2. The SMILES string of the molecule is CN(C(=O)c1cnc2c(cnn2Cc2ccccc2)c1)c1nccs1. The first-order valence-electron chi connectivity index (χ1n) is 7.75. The summed E-state index contributed by atoms with van der Waals surface area (Å²) in [5.74, 6) is -0.139. The Morgan fingerprint density at radius 1 is 1.20 bits per heavy atom. The van der Waals surface area contributed by atoms with Crippen LogP contribution in [0.25, 0.3) is 11.0 Å². The molecule has 0 aliphatic heterocycles. The summed E-state index contributed by atoms with van der Waals surface area (Å²) < 4.78 is 1.84. The average molecular weight is 349 g/mol. The highest BCUT2D eigenvalue weighted by Crippen LogP contribution is 2.20. The Bertz CT molecular complexity index is 1010. The van der Waals surface area contributed by atoms with Crippen molar-refractivity contribution in [3.05, 3.63) is 71.5 Å². The minimum atomic E-state index is -0.139. The van der Waals surface area contributed by atoms with Crippen LogP contribution >= 0.6 is 11.3 Å². The molecule has 124 valence electrons. The van der Waals surface area contributed by atoms with Crippen molar-refractivity contribution in [2.24, 2.45) is 0 Å². The van der Waals surface area contributed by atoms with Crippen molar-refractivity contribution in [3.63, 3.8) is 0 Å². The number of thiazole rings is 1. The molecule has 25 heavy (non-hydrogen) atoms. The summed E-state index contributed by atoms with van der Waals surface area (Å²) in [5, 5.41) is 7.75. The first kappa shape index (κ1) is 15.5. The Morgan fingerprint density at radius 3 is 2.80 bits per heavy atom. The highest BCUT2D eigenvalue weighted by Gasteiger charge is 2.17. The summed E-state index contributed by atoms with van der Waals surface area (Å²) in [5.41, 5.74) is 2.43. The van der Waals surface area contributed by atoms with Crippen molar-refractivity contribution in [1.82, 2.24) is 19.7 Å². The second-order valence-electron chi connectivity index (χ2n) is 5.60. The monoisotopic (exact) mass is 349 g/mol. The fourth-order valence-corrected chi connectivity index (χ4v) is 3.23. The molecule has 1 amide bonds. The van der Waals surface area contributed by atoms with Gasteiger partial charge in [-0.3, -0.25) is 9.69 Å². The number of carbonyl (C=O) groups is 1. The number of aromatic nitrogens is 4. The number of nitrogens with zero attached hydrogens (tertiary/aromatic N) is 5. The van der Waals surface area contributed by atoms with Crippen molar-refractivity contribution in [2.75, 3.05) is 11.9 Å². The summed E-state index contributed by atoms with van der Waals surface area (Å²) in [4.78, 5) is 22.8. The van der Waals surface area contributed by atoms with E-state index in [4.69, 9.17) is 0 Å². The van der Waals surface area contributed by atoms with Gasteiger partial charge >= 0.3 is 0 Å². The first-order valence-corrected chi connectivity index (χ1v) is 8.63. The van der Waals surface area contributed by atoms with Gasteiger partial charge in [0.15, 0.2) is 10.8 Å². The third-order valence-electron chi connectivity index (χ3n) is 3.91. The van der Waals surface area contributed by atoms with Crippen molar-refractivity contribution in [1.29, 1.82) is 0 Å². The molecule has 4 aromatic rings. The largest absolute Gasteiger partial charge is 0.287 e. The van der Waals surface area contributed by atoms with E-state index in [9.17, 15) is 4.79 Å². The van der Waals surface area contributed by atoms with E-state index in [1.807, 2.05) is 46.5 Å². The minimum absolute atomic E-state index is 0.139. The average Bonchev–Trinajstić information content (AvgIpc) is 3.31. The van der Waals surface area contributed by atoms with Crippen molar-refractivity contribution in [3.8, 4) is 0 Å². The number of hydrogen-bond acceptors (Lipinski definition) is 5. The fourth-order valence-electron chi connectivity index (χ4n) is 2.62. The van der Waals surface area contributed by atoms with Gasteiger partial charge in [-0.1, -0.05) is 30.3 Å². The Kier molecular flexibility index (Phi) is 3.99. The Balaban J connectivity index is 1.62. The summed E-state index contributed by atoms with van der Waals surface area (Å²) in [6.45, 7) is 0.643. The molecule has 0 atom stereocenters. The van der Waals surface area contributed by atoms with Crippen LogP contribution in [0.2, 0.25) is 0 Å². The Hall–Kier alpha value is -3.06. The molecule has 0 aliphatic carbocycles. The van der Waals surface area contributed by atoms with Gasteiger partial charge in [0.2, 0.25) is 0 Å². The summed E-state index contributed by atoms with van der Waals surface area (Å²) in [6, 6.07) is 11.9. The maximum atomic E-state index is 12.6. The molecule has 0 radical (unpaired) electrons. The van der Waals surface area contributed by atoms with E-state index in [-0.39, 0.29) is 5.91 Å². The molecule has 1 aromatic carbocycles. The van der Waals surface area contributed by atoms with Crippen LogP contribution in [0.5, 0.6) is 0 Å². The molecule has 0 unspecified atom stereocenters. The predicted molar refractivity (Wildman–Crippen MR) is 97.9 cm³/mol. The van der Waals surface area contributed by atoms with Crippen LogP contribution < -0.4 is 4.90 Å². The van der Waals surface area contributed by atoms with Gasteiger partial charge in [0.25, 0.3) is 5.91 Å². The van der Waals surface area contributed by atoms with Crippen LogP contribution in [0.15, 0.2) is 60.4 Å². The van der Waals surface area contributed by atoms with E-state index in [2.05, 4.69) is 15.1 Å². The molecular weight excluding hydrogens is 334 g/mol. The molecule has 0 aliphatic rings. The van der Waals surface area contributed by atoms with Gasteiger partial charge in [0, 0.05) is 30.2 Å². The van der Waals surface area contributed by atoms with Crippen LogP contribution in [0.4, 0.5) is 5.13 Å². The van der Waals surface area contributed by atoms with Gasteiger partial charge in [0.1, 0.15) is 0 Å². The Morgan fingerprint density at radius 2 is 2.04 bits per heavy atom. The number of anilines is 1. The van der Waals surface area contributed by atoms with E-state index in [1.54, 1.807) is 25.6 Å². The van der Waals surface area contributed by atoms with Gasteiger partial charge < -0.3 is 0 Å². The highest BCUT2D eigenvalue weighted by atomic mass is 32.1. The molecule has 6 nitrogen and oxygen atoms in total. The second-order valence-corrected chi connectivity index (χ2v) is 6.48. The molecular formula is C18H15N5OS. The Labute approximate surface area is 148 Å². The van der Waals surface area contributed by atoms with E-state index in [1.165, 1.54) is 16.2 Å². The van der Waals surface area contributed by atoms with Crippen LogP contribution in [0.3, 0.4) is 0 Å². The third kappa shape index (κ3) is 3.01. The van der Waals surface area contributed by atoms with Crippen molar-refractivity contribution in [2.45, 2.75) is 6.54 Å². The van der Waals surface area contributed by atoms with Gasteiger partial charge in [0.05, 0.1) is 18.3 Å². The lowest BCUT2D eigenvalue weighted by Crippen LogP contribution is -2.26. The lowest BCUT2D eigenvalue weighted by molar-refractivity contribution is 0.0993. The molecule has 0 spiro atoms. The zero-order valence-corrected chi connectivity index (χ0v) is 14.3. The number of fused-ring (bicyclic) bond motifs is 1. The fraction of sp³-hybridized carbons (Fsp3) is 0.111. The molecule has 0 saturated heterocycles. The summed E-state index contributed by atoms with van der Waals surface area (Å²) in [6.07, 6.45) is 5.02. The van der Waals surface area contributed by atoms with Crippen LogP contribution in [0, 0.1) is 0 Å². The number of hydrogen-bond donors (Lipinski definition) is 0. The van der Waals surface area contributed by atoms with Crippen LogP contribution in [-0.4, -0.2) is 32.7 Å². The van der Waals surface area contributed by atoms with Crippen LogP contribution in [0.1, 0.15) is 15.9 Å². The van der Waals surface area contributed by atoms with E-state index in [0.717, 1.165) is 16.6 Å². The van der Waals surface area contributed by atoms with Crippen LogP contribution in [-0.2, 0) is 6.54 Å². The van der Waals surface area contributed by atoms with Gasteiger partial charge in [-0.2, -0.15) is 5.10 Å². The van der Waals surface area contributed by atoms with Gasteiger partial charge in [-0.05, 0) is 11.6 Å². The number of amides is 1. The normalized spacial score (nSPS) is 10.9. The number of rotatable bonds is 4. The summed E-state index contributed by atoms with van der Waals surface area (Å²) in [7, 11) is 1.71. The molecule has 0 saturated carbocycles. The minimum Gasteiger partial charge on any atom is -0.287 e. The standard InChI is InChI=1S/C18H15N5OS/c1-22(18-19-7-8-25-18)17(24)15-9-14-11-21-23(16(14)20-10-15)12-13-5-3-2-4-6-13/h2-11H,12H2,1H3. The topological polar surface area (TPSA) is 63.9 Å². The van der Waals surface area contributed by atoms with Gasteiger partial charge in [-0.25, -0.2) is 14.6 Å². The zero-order valence-electron chi connectivity index (χ0n) is 13.5. The van der Waals surface area contributed by atoms with Crippen molar-refractivity contribution >= 4 is 33.4 Å². The van der Waals surface area contributed by atoms with E-state index >= 15 is 0 Å². The molecule has 0 fully saturated rings. The van der Waals surface area contributed by atoms with E-state index in [0.29, 0.717) is 17.2 Å². The predicted octanol–water partition coefficient (Wildman–Crippen LogP) is 3.21. The maximum absolute atomic E-state index is 12.6.